The van der Waals surface area contributed by atoms with Crippen molar-refractivity contribution in [1.82, 2.24) is 20.1 Å². The highest BCUT2D eigenvalue weighted by atomic mass is 32.2. The second-order valence-electron chi connectivity index (χ2n) is 7.02. The molecule has 3 rings (SSSR count). The predicted octanol–water partition coefficient (Wildman–Crippen LogP) is 4.39. The largest absolute Gasteiger partial charge is 0.348 e. The second kappa shape index (κ2) is 8.52. The molecule has 0 radical (unpaired) electrons. The summed E-state index contributed by atoms with van der Waals surface area (Å²) in [4.78, 5) is 18.5. The van der Waals surface area contributed by atoms with E-state index in [0.29, 0.717) is 5.16 Å². The Morgan fingerprint density at radius 3 is 1.86 bits per heavy atom. The summed E-state index contributed by atoms with van der Waals surface area (Å²) in [5.41, 5.74) is 5.82. The summed E-state index contributed by atoms with van der Waals surface area (Å²) >= 11 is 1.32. The SMILES string of the molecule is Cc1ccc(-c2nnc(S[C@H](C)C(=O)N(C)C)nc2-c2ccc(C)cc2)cc1. The van der Waals surface area contributed by atoms with Gasteiger partial charge in [0.1, 0.15) is 11.4 Å². The van der Waals surface area contributed by atoms with E-state index in [4.69, 9.17) is 4.98 Å². The van der Waals surface area contributed by atoms with Crippen molar-refractivity contribution in [1.29, 1.82) is 0 Å². The molecule has 3 aromatic rings. The fraction of sp³-hybridized carbons (Fsp3) is 0.273. The molecule has 0 fully saturated rings. The molecule has 0 aliphatic rings. The Hall–Kier alpha value is -2.73. The van der Waals surface area contributed by atoms with Gasteiger partial charge in [-0.15, -0.1) is 10.2 Å². The first-order valence-corrected chi connectivity index (χ1v) is 9.99. The van der Waals surface area contributed by atoms with Crippen LogP contribution in [0.4, 0.5) is 0 Å². The number of hydrogen-bond donors (Lipinski definition) is 0. The number of aryl methyl sites for hydroxylation is 2. The quantitative estimate of drug-likeness (QED) is 0.603. The third-order valence-corrected chi connectivity index (χ3v) is 5.33. The van der Waals surface area contributed by atoms with Crippen molar-refractivity contribution in [3.05, 3.63) is 59.7 Å². The zero-order chi connectivity index (χ0) is 20.3. The van der Waals surface area contributed by atoms with E-state index in [2.05, 4.69) is 48.3 Å². The molecule has 1 aromatic heterocycles. The van der Waals surface area contributed by atoms with Gasteiger partial charge >= 0.3 is 0 Å². The van der Waals surface area contributed by atoms with Gasteiger partial charge < -0.3 is 4.90 Å². The molecule has 2 aromatic carbocycles. The molecule has 1 amide bonds. The van der Waals surface area contributed by atoms with E-state index in [0.717, 1.165) is 22.5 Å². The highest BCUT2D eigenvalue weighted by molar-refractivity contribution is 8.00. The molecule has 144 valence electrons. The van der Waals surface area contributed by atoms with Gasteiger partial charge in [-0.3, -0.25) is 4.79 Å². The Bertz CT molecular complexity index is 969. The minimum atomic E-state index is -0.284. The summed E-state index contributed by atoms with van der Waals surface area (Å²) in [7, 11) is 3.49. The molecule has 28 heavy (non-hydrogen) atoms. The van der Waals surface area contributed by atoms with Gasteiger partial charge in [0.15, 0.2) is 0 Å². The number of nitrogens with zero attached hydrogens (tertiary/aromatic N) is 4. The van der Waals surface area contributed by atoms with Gasteiger partial charge in [0.25, 0.3) is 0 Å². The lowest BCUT2D eigenvalue weighted by molar-refractivity contribution is -0.127. The molecule has 5 nitrogen and oxygen atoms in total. The molecule has 0 unspecified atom stereocenters. The fourth-order valence-corrected chi connectivity index (χ4v) is 3.61. The third kappa shape index (κ3) is 4.57. The van der Waals surface area contributed by atoms with E-state index in [9.17, 15) is 4.79 Å². The van der Waals surface area contributed by atoms with Gasteiger partial charge in [-0.2, -0.15) is 0 Å². The van der Waals surface area contributed by atoms with E-state index in [-0.39, 0.29) is 11.2 Å². The van der Waals surface area contributed by atoms with Crippen molar-refractivity contribution in [2.24, 2.45) is 0 Å². The normalized spacial score (nSPS) is 11.9. The number of amides is 1. The summed E-state index contributed by atoms with van der Waals surface area (Å²) in [6, 6.07) is 16.4. The zero-order valence-corrected chi connectivity index (χ0v) is 17.6. The molecule has 1 atom stereocenters. The average molecular weight is 393 g/mol. The van der Waals surface area contributed by atoms with Gasteiger partial charge in [0.2, 0.25) is 11.1 Å². The number of carbonyl (C=O) groups excluding carboxylic acids is 1. The van der Waals surface area contributed by atoms with Gasteiger partial charge in [0, 0.05) is 25.2 Å². The van der Waals surface area contributed by atoms with E-state index in [1.807, 2.05) is 31.2 Å². The van der Waals surface area contributed by atoms with E-state index < -0.39 is 0 Å². The van der Waals surface area contributed by atoms with Crippen LogP contribution in [0.1, 0.15) is 18.1 Å². The Morgan fingerprint density at radius 2 is 1.36 bits per heavy atom. The lowest BCUT2D eigenvalue weighted by atomic mass is 10.0. The molecular formula is C22H24N4OS. The second-order valence-corrected chi connectivity index (χ2v) is 8.32. The minimum absolute atomic E-state index is 0.0214. The van der Waals surface area contributed by atoms with Crippen LogP contribution in [0.5, 0.6) is 0 Å². The number of carbonyl (C=O) groups is 1. The maximum absolute atomic E-state index is 12.2. The molecule has 0 aliphatic heterocycles. The standard InChI is InChI=1S/C22H24N4OS/c1-14-6-10-17(11-7-14)19-20(18-12-8-15(2)9-13-18)24-25-22(23-19)28-16(3)21(27)26(4)5/h6-13,16H,1-5H3/t16-/m1/s1. The van der Waals surface area contributed by atoms with Crippen LogP contribution in [0.2, 0.25) is 0 Å². The van der Waals surface area contributed by atoms with Crippen LogP contribution in [0.25, 0.3) is 22.5 Å². The van der Waals surface area contributed by atoms with Crippen LogP contribution < -0.4 is 0 Å². The van der Waals surface area contributed by atoms with Crippen molar-refractivity contribution in [2.75, 3.05) is 14.1 Å². The number of aromatic nitrogens is 3. The van der Waals surface area contributed by atoms with Gasteiger partial charge in [-0.05, 0) is 20.8 Å². The fourth-order valence-electron chi connectivity index (χ4n) is 2.75. The summed E-state index contributed by atoms with van der Waals surface area (Å²) < 4.78 is 0. The van der Waals surface area contributed by atoms with Crippen LogP contribution in [-0.4, -0.2) is 45.3 Å². The molecule has 0 N–H and O–H groups in total. The van der Waals surface area contributed by atoms with Crippen LogP contribution in [0.3, 0.4) is 0 Å². The zero-order valence-electron chi connectivity index (χ0n) is 16.8. The van der Waals surface area contributed by atoms with Crippen molar-refractivity contribution in [2.45, 2.75) is 31.2 Å². The summed E-state index contributed by atoms with van der Waals surface area (Å²) in [5.74, 6) is 0.0214. The highest BCUT2D eigenvalue weighted by Crippen LogP contribution is 2.31. The summed E-state index contributed by atoms with van der Waals surface area (Å²) in [6.45, 7) is 5.96. The maximum Gasteiger partial charge on any atom is 0.235 e. The average Bonchev–Trinajstić information content (AvgIpc) is 2.68. The monoisotopic (exact) mass is 392 g/mol. The molecule has 0 saturated heterocycles. The number of hydrogen-bond acceptors (Lipinski definition) is 5. The van der Waals surface area contributed by atoms with Crippen molar-refractivity contribution >= 4 is 17.7 Å². The van der Waals surface area contributed by atoms with Crippen LogP contribution in [0.15, 0.2) is 53.7 Å². The van der Waals surface area contributed by atoms with E-state index in [1.54, 1.807) is 19.0 Å². The van der Waals surface area contributed by atoms with E-state index >= 15 is 0 Å². The molecule has 0 bridgehead atoms. The number of rotatable bonds is 5. The number of thioether (sulfide) groups is 1. The topological polar surface area (TPSA) is 59.0 Å². The smallest absolute Gasteiger partial charge is 0.235 e. The molecule has 0 spiro atoms. The Labute approximate surface area is 170 Å². The molecule has 1 heterocycles. The molecule has 6 heteroatoms. The number of benzene rings is 2. The van der Waals surface area contributed by atoms with Crippen molar-refractivity contribution in [3.63, 3.8) is 0 Å². The van der Waals surface area contributed by atoms with Crippen LogP contribution >= 0.6 is 11.8 Å². The summed E-state index contributed by atoms with van der Waals surface area (Å²) in [6.07, 6.45) is 0. The lowest BCUT2D eigenvalue weighted by Gasteiger charge is -2.16. The first-order valence-electron chi connectivity index (χ1n) is 9.12. The van der Waals surface area contributed by atoms with Crippen molar-refractivity contribution < 1.29 is 4.79 Å². The van der Waals surface area contributed by atoms with Gasteiger partial charge in [-0.1, -0.05) is 71.4 Å². The third-order valence-electron chi connectivity index (χ3n) is 4.39. The molecular weight excluding hydrogens is 368 g/mol. The predicted molar refractivity (Wildman–Crippen MR) is 114 cm³/mol. The molecule has 0 aliphatic carbocycles. The van der Waals surface area contributed by atoms with Crippen LogP contribution in [0, 0.1) is 13.8 Å². The maximum atomic E-state index is 12.2. The van der Waals surface area contributed by atoms with Gasteiger partial charge in [-0.25, -0.2) is 4.98 Å². The Kier molecular flexibility index (Phi) is 6.09. The Morgan fingerprint density at radius 1 is 0.857 bits per heavy atom. The molecule has 0 saturated carbocycles. The van der Waals surface area contributed by atoms with Crippen molar-refractivity contribution in [3.8, 4) is 22.5 Å². The lowest BCUT2D eigenvalue weighted by Crippen LogP contribution is -2.29. The van der Waals surface area contributed by atoms with Crippen LogP contribution in [-0.2, 0) is 4.79 Å². The van der Waals surface area contributed by atoms with E-state index in [1.165, 1.54) is 22.9 Å². The van der Waals surface area contributed by atoms with Gasteiger partial charge in [0.05, 0.1) is 5.25 Å². The Balaban J connectivity index is 2.04. The highest BCUT2D eigenvalue weighted by Gasteiger charge is 2.20. The minimum Gasteiger partial charge on any atom is -0.348 e. The first-order chi connectivity index (χ1) is 13.3. The first kappa shape index (κ1) is 20.0. The summed E-state index contributed by atoms with van der Waals surface area (Å²) in [5, 5.41) is 8.98.